The van der Waals surface area contributed by atoms with Crippen LogP contribution in [0.4, 0.5) is 5.00 Å². The number of rotatable bonds is 6. The molecule has 1 atom stereocenters. The maximum atomic E-state index is 12.6. The van der Waals surface area contributed by atoms with Gasteiger partial charge in [0.25, 0.3) is 0 Å². The summed E-state index contributed by atoms with van der Waals surface area (Å²) in [5.41, 5.74) is 1.47. The number of aryl methyl sites for hydroxylation is 1. The van der Waals surface area contributed by atoms with Crippen molar-refractivity contribution >= 4 is 62.4 Å². The van der Waals surface area contributed by atoms with Gasteiger partial charge in [0.1, 0.15) is 15.9 Å². The third-order valence-corrected chi connectivity index (χ3v) is 7.54. The number of thioether (sulfide) groups is 1. The average Bonchev–Trinajstić information content (AvgIpc) is 3.13. The zero-order valence-corrected chi connectivity index (χ0v) is 17.8. The van der Waals surface area contributed by atoms with E-state index in [2.05, 4.69) is 5.32 Å². The fraction of sp³-hybridized carbons (Fsp3) is 0.556. The van der Waals surface area contributed by atoms with Gasteiger partial charge >= 0.3 is 5.97 Å². The zero-order chi connectivity index (χ0) is 19.6. The lowest BCUT2D eigenvalue weighted by Crippen LogP contribution is -2.38. The summed E-state index contributed by atoms with van der Waals surface area (Å²) in [4.78, 5) is 39.8. The number of nitrogens with zero attached hydrogens (tertiary/aromatic N) is 1. The van der Waals surface area contributed by atoms with Crippen molar-refractivity contribution in [3.63, 3.8) is 0 Å². The SMILES string of the molecule is CCOC(=O)c1c(NC(=O)CN2C(=O)C(CC)SC2=S)sc2c1CCCC2. The second kappa shape index (κ2) is 8.70. The molecule has 27 heavy (non-hydrogen) atoms. The van der Waals surface area contributed by atoms with E-state index in [9.17, 15) is 14.4 Å². The summed E-state index contributed by atoms with van der Waals surface area (Å²) in [6.45, 7) is 3.83. The molecular formula is C18H22N2O4S3. The number of nitrogens with one attached hydrogen (secondary N) is 1. The highest BCUT2D eigenvalue weighted by atomic mass is 32.2. The van der Waals surface area contributed by atoms with Crippen LogP contribution in [0.25, 0.3) is 0 Å². The first-order chi connectivity index (χ1) is 13.0. The molecule has 0 aromatic carbocycles. The molecule has 146 valence electrons. The number of esters is 1. The Hall–Kier alpha value is -1.45. The summed E-state index contributed by atoms with van der Waals surface area (Å²) in [6.07, 6.45) is 4.50. The molecule has 3 rings (SSSR count). The summed E-state index contributed by atoms with van der Waals surface area (Å²) in [7, 11) is 0. The van der Waals surface area contributed by atoms with Crippen molar-refractivity contribution in [3.05, 3.63) is 16.0 Å². The smallest absolute Gasteiger partial charge is 0.341 e. The van der Waals surface area contributed by atoms with Crippen molar-refractivity contribution in [2.24, 2.45) is 0 Å². The van der Waals surface area contributed by atoms with Crippen molar-refractivity contribution in [2.45, 2.75) is 51.2 Å². The monoisotopic (exact) mass is 426 g/mol. The van der Waals surface area contributed by atoms with Gasteiger partial charge in [0, 0.05) is 4.88 Å². The van der Waals surface area contributed by atoms with Crippen LogP contribution in [0.2, 0.25) is 0 Å². The van der Waals surface area contributed by atoms with Crippen molar-refractivity contribution in [2.75, 3.05) is 18.5 Å². The van der Waals surface area contributed by atoms with Crippen LogP contribution in [0, 0.1) is 0 Å². The van der Waals surface area contributed by atoms with Crippen LogP contribution in [-0.4, -0.2) is 45.4 Å². The Labute approximate surface area is 172 Å². The van der Waals surface area contributed by atoms with Gasteiger partial charge in [-0.25, -0.2) is 4.79 Å². The lowest BCUT2D eigenvalue weighted by molar-refractivity contribution is -0.129. The molecule has 9 heteroatoms. The van der Waals surface area contributed by atoms with Crippen LogP contribution >= 0.6 is 35.3 Å². The van der Waals surface area contributed by atoms with Gasteiger partial charge in [-0.15, -0.1) is 11.3 Å². The largest absolute Gasteiger partial charge is 0.462 e. The minimum atomic E-state index is -0.401. The molecule has 1 aromatic rings. The van der Waals surface area contributed by atoms with E-state index < -0.39 is 5.97 Å². The molecule has 1 aromatic heterocycles. The normalized spacial score (nSPS) is 19.2. The number of hydrogen-bond donors (Lipinski definition) is 1. The van der Waals surface area contributed by atoms with Crippen molar-refractivity contribution < 1.29 is 19.1 Å². The summed E-state index contributed by atoms with van der Waals surface area (Å²) < 4.78 is 5.63. The second-order valence-corrected chi connectivity index (χ2v) is 9.33. The van der Waals surface area contributed by atoms with Gasteiger partial charge in [-0.2, -0.15) is 0 Å². The number of thiocarbonyl (C=S) groups is 1. The van der Waals surface area contributed by atoms with E-state index in [1.54, 1.807) is 6.92 Å². The van der Waals surface area contributed by atoms with Gasteiger partial charge in [-0.05, 0) is 44.6 Å². The third-order valence-electron chi connectivity index (χ3n) is 4.58. The molecular weight excluding hydrogens is 404 g/mol. The van der Waals surface area contributed by atoms with Crippen molar-refractivity contribution in [3.8, 4) is 0 Å². The lowest BCUT2D eigenvalue weighted by Gasteiger charge is -2.15. The van der Waals surface area contributed by atoms with Crippen LogP contribution in [0.3, 0.4) is 0 Å². The first-order valence-corrected chi connectivity index (χ1v) is 11.2. The van der Waals surface area contributed by atoms with Gasteiger partial charge in [0.05, 0.1) is 17.4 Å². The van der Waals surface area contributed by atoms with Crippen molar-refractivity contribution in [1.29, 1.82) is 0 Å². The summed E-state index contributed by atoms with van der Waals surface area (Å²) in [6, 6.07) is 0. The van der Waals surface area contributed by atoms with Gasteiger partial charge < -0.3 is 10.1 Å². The van der Waals surface area contributed by atoms with E-state index in [0.717, 1.165) is 36.1 Å². The molecule has 2 heterocycles. The summed E-state index contributed by atoms with van der Waals surface area (Å²) in [5, 5.41) is 3.13. The highest BCUT2D eigenvalue weighted by Crippen LogP contribution is 2.38. The maximum Gasteiger partial charge on any atom is 0.341 e. The number of anilines is 1. The average molecular weight is 427 g/mol. The minimum Gasteiger partial charge on any atom is -0.462 e. The molecule has 0 radical (unpaired) electrons. The molecule has 1 unspecified atom stereocenters. The Bertz CT molecular complexity index is 790. The predicted molar refractivity (Wildman–Crippen MR) is 112 cm³/mol. The fourth-order valence-electron chi connectivity index (χ4n) is 3.28. The predicted octanol–water partition coefficient (Wildman–Crippen LogP) is 3.38. The number of carbonyl (C=O) groups excluding carboxylic acids is 3. The topological polar surface area (TPSA) is 75.7 Å². The van der Waals surface area contributed by atoms with E-state index in [4.69, 9.17) is 17.0 Å². The first-order valence-electron chi connectivity index (χ1n) is 9.09. The van der Waals surface area contributed by atoms with Crippen LogP contribution < -0.4 is 5.32 Å². The minimum absolute atomic E-state index is 0.126. The van der Waals surface area contributed by atoms with Gasteiger partial charge in [0.15, 0.2) is 0 Å². The van der Waals surface area contributed by atoms with Gasteiger partial charge in [-0.1, -0.05) is 30.9 Å². The summed E-state index contributed by atoms with van der Waals surface area (Å²) >= 11 is 7.99. The van der Waals surface area contributed by atoms with Crippen LogP contribution in [-0.2, 0) is 27.2 Å². The van der Waals surface area contributed by atoms with Crippen LogP contribution in [0.15, 0.2) is 0 Å². The molecule has 1 N–H and O–H groups in total. The highest BCUT2D eigenvalue weighted by molar-refractivity contribution is 8.24. The van der Waals surface area contributed by atoms with Gasteiger partial charge in [0.2, 0.25) is 11.8 Å². The van der Waals surface area contributed by atoms with E-state index >= 15 is 0 Å². The van der Waals surface area contributed by atoms with Gasteiger partial charge in [-0.3, -0.25) is 14.5 Å². The van der Waals surface area contributed by atoms with Crippen LogP contribution in [0.1, 0.15) is 53.9 Å². The van der Waals surface area contributed by atoms with Crippen LogP contribution in [0.5, 0.6) is 0 Å². The van der Waals surface area contributed by atoms with Crippen molar-refractivity contribution in [1.82, 2.24) is 4.90 Å². The molecule has 2 amide bonds. The quantitative estimate of drug-likeness (QED) is 0.555. The van der Waals surface area contributed by atoms with E-state index in [-0.39, 0.29) is 30.2 Å². The fourth-order valence-corrected chi connectivity index (χ4v) is 6.00. The number of thiophene rings is 1. The molecule has 0 saturated carbocycles. The number of ether oxygens (including phenoxy) is 1. The molecule has 6 nitrogen and oxygen atoms in total. The Balaban J connectivity index is 1.78. The molecule has 0 bridgehead atoms. The molecule has 1 fully saturated rings. The number of carbonyl (C=O) groups is 3. The number of amides is 2. The van der Waals surface area contributed by atoms with E-state index in [0.29, 0.717) is 21.3 Å². The van der Waals surface area contributed by atoms with E-state index in [1.807, 2.05) is 6.92 Å². The second-order valence-electron chi connectivity index (χ2n) is 6.39. The highest BCUT2D eigenvalue weighted by Gasteiger charge is 2.37. The Morgan fingerprint density at radius 2 is 2.04 bits per heavy atom. The Kier molecular flexibility index (Phi) is 6.54. The molecule has 1 aliphatic carbocycles. The number of hydrogen-bond acceptors (Lipinski definition) is 7. The summed E-state index contributed by atoms with van der Waals surface area (Å²) in [5.74, 6) is -0.882. The third kappa shape index (κ3) is 4.20. The Morgan fingerprint density at radius 3 is 2.70 bits per heavy atom. The number of fused-ring (bicyclic) bond motifs is 1. The zero-order valence-electron chi connectivity index (χ0n) is 15.3. The molecule has 1 aliphatic heterocycles. The first kappa shape index (κ1) is 20.3. The standard InChI is InChI=1S/C18H22N2O4S3/c1-3-11-16(22)20(18(25)27-11)9-13(21)19-15-14(17(23)24-4-2)10-7-5-6-8-12(10)26-15/h11H,3-9H2,1-2H3,(H,19,21). The molecule has 1 saturated heterocycles. The Morgan fingerprint density at radius 1 is 1.30 bits per heavy atom. The molecule has 0 spiro atoms. The maximum absolute atomic E-state index is 12.6. The van der Waals surface area contributed by atoms with E-state index in [1.165, 1.54) is 28.0 Å². The molecule has 2 aliphatic rings. The lowest BCUT2D eigenvalue weighted by atomic mass is 9.95.